The highest BCUT2D eigenvalue weighted by atomic mass is 32.2. The van der Waals surface area contributed by atoms with Crippen molar-refractivity contribution in [3.63, 3.8) is 0 Å². The number of rotatable bonds is 6. The van der Waals surface area contributed by atoms with Gasteiger partial charge in [-0.05, 0) is 51.1 Å². The lowest BCUT2D eigenvalue weighted by molar-refractivity contribution is 0.0731. The molecule has 188 valence electrons. The average molecular weight is 501 g/mol. The highest BCUT2D eigenvalue weighted by molar-refractivity contribution is 7.89. The fraction of sp³-hybridized carbons (Fsp3) is 0.481. The van der Waals surface area contributed by atoms with Gasteiger partial charge in [0, 0.05) is 48.6 Å². The van der Waals surface area contributed by atoms with E-state index < -0.39 is 16.1 Å². The van der Waals surface area contributed by atoms with Gasteiger partial charge in [-0.1, -0.05) is 37.0 Å². The van der Waals surface area contributed by atoms with Gasteiger partial charge in [0.25, 0.3) is 0 Å². The van der Waals surface area contributed by atoms with E-state index in [4.69, 9.17) is 4.74 Å². The van der Waals surface area contributed by atoms with Gasteiger partial charge < -0.3 is 9.84 Å². The molecule has 1 aliphatic carbocycles. The second kappa shape index (κ2) is 10.7. The minimum atomic E-state index is -3.89. The Labute approximate surface area is 207 Å². The molecule has 8 heteroatoms. The molecule has 0 saturated heterocycles. The largest absolute Gasteiger partial charge is 0.487 e. The topological polar surface area (TPSA) is 70.1 Å². The number of aliphatic hydroxyl groups is 1. The molecule has 0 spiro atoms. The van der Waals surface area contributed by atoms with Crippen LogP contribution in [0.15, 0.2) is 47.4 Å². The Morgan fingerprint density at radius 3 is 2.69 bits per heavy atom. The van der Waals surface area contributed by atoms with E-state index in [0.717, 1.165) is 12.8 Å². The molecular weight excluding hydrogens is 467 g/mol. The highest BCUT2D eigenvalue weighted by Gasteiger charge is 2.38. The summed E-state index contributed by atoms with van der Waals surface area (Å²) in [6.07, 6.45) is 1.84. The molecule has 4 rings (SSSR count). The Balaban J connectivity index is 1.67. The van der Waals surface area contributed by atoms with Gasteiger partial charge in [-0.3, -0.25) is 4.90 Å². The number of fused-ring (bicyclic) bond motifs is 1. The van der Waals surface area contributed by atoms with Crippen molar-refractivity contribution in [3.8, 4) is 17.6 Å². The molecule has 0 amide bonds. The van der Waals surface area contributed by atoms with Gasteiger partial charge in [0.2, 0.25) is 10.0 Å². The lowest BCUT2D eigenvalue weighted by Crippen LogP contribution is -2.49. The summed E-state index contributed by atoms with van der Waals surface area (Å²) in [5.74, 6) is 6.58. The molecule has 2 aromatic rings. The molecule has 0 bridgehead atoms. The maximum absolute atomic E-state index is 14.2. The molecule has 6 nitrogen and oxygen atoms in total. The SMILES string of the molecule is C[C@@H]1CN([C@@H](C)CO)S(=O)(=O)c2ccc(C#CC3CC3)cc2O[C@H]1CN(C)Cc1ccccc1F. The van der Waals surface area contributed by atoms with E-state index >= 15 is 0 Å². The fourth-order valence-corrected chi connectivity index (χ4v) is 6.05. The molecule has 2 aromatic carbocycles. The lowest BCUT2D eigenvalue weighted by Gasteiger charge is -2.37. The van der Waals surface area contributed by atoms with Crippen LogP contribution in [0.5, 0.6) is 5.75 Å². The van der Waals surface area contributed by atoms with Crippen LogP contribution in [-0.2, 0) is 16.6 Å². The van der Waals surface area contributed by atoms with Crippen LogP contribution in [0.1, 0.15) is 37.8 Å². The molecule has 1 fully saturated rings. The van der Waals surface area contributed by atoms with Gasteiger partial charge in [0.1, 0.15) is 22.6 Å². The van der Waals surface area contributed by atoms with Gasteiger partial charge in [-0.15, -0.1) is 0 Å². The number of hydrogen-bond acceptors (Lipinski definition) is 5. The zero-order chi connectivity index (χ0) is 25.2. The number of likely N-dealkylation sites (N-methyl/N-ethyl adjacent to an activating group) is 1. The molecule has 2 aliphatic rings. The van der Waals surface area contributed by atoms with E-state index in [-0.39, 0.29) is 41.6 Å². The van der Waals surface area contributed by atoms with Crippen molar-refractivity contribution in [2.24, 2.45) is 11.8 Å². The lowest BCUT2D eigenvalue weighted by atomic mass is 10.0. The van der Waals surface area contributed by atoms with Gasteiger partial charge in [-0.2, -0.15) is 4.31 Å². The first-order chi connectivity index (χ1) is 16.7. The van der Waals surface area contributed by atoms with Gasteiger partial charge in [0.05, 0.1) is 6.61 Å². The number of sulfonamides is 1. The molecule has 1 aliphatic heterocycles. The normalized spacial score (nSPS) is 22.8. The predicted molar refractivity (Wildman–Crippen MR) is 133 cm³/mol. The summed E-state index contributed by atoms with van der Waals surface area (Å²) in [4.78, 5) is 2.05. The number of halogens is 1. The van der Waals surface area contributed by atoms with Crippen molar-refractivity contribution in [1.82, 2.24) is 9.21 Å². The summed E-state index contributed by atoms with van der Waals surface area (Å²) < 4.78 is 49.1. The third-order valence-electron chi connectivity index (χ3n) is 6.55. The summed E-state index contributed by atoms with van der Waals surface area (Å²) >= 11 is 0. The van der Waals surface area contributed by atoms with E-state index in [9.17, 15) is 17.9 Å². The molecule has 0 aromatic heterocycles. The Morgan fingerprint density at radius 2 is 2.00 bits per heavy atom. The molecule has 0 radical (unpaired) electrons. The Morgan fingerprint density at radius 1 is 1.26 bits per heavy atom. The first-order valence-electron chi connectivity index (χ1n) is 12.1. The van der Waals surface area contributed by atoms with E-state index in [0.29, 0.717) is 30.1 Å². The van der Waals surface area contributed by atoms with Crippen LogP contribution in [0.4, 0.5) is 4.39 Å². The number of hydrogen-bond donors (Lipinski definition) is 1. The van der Waals surface area contributed by atoms with Crippen LogP contribution in [0.2, 0.25) is 0 Å². The Bertz CT molecular complexity index is 1220. The van der Waals surface area contributed by atoms with Gasteiger partial charge >= 0.3 is 0 Å². The third kappa shape index (κ3) is 6.04. The number of benzene rings is 2. The molecular formula is C27H33FN2O4S. The highest BCUT2D eigenvalue weighted by Crippen LogP contribution is 2.34. The van der Waals surface area contributed by atoms with Crippen LogP contribution in [0.3, 0.4) is 0 Å². The monoisotopic (exact) mass is 500 g/mol. The van der Waals surface area contributed by atoms with E-state index in [1.54, 1.807) is 43.3 Å². The van der Waals surface area contributed by atoms with Crippen LogP contribution < -0.4 is 4.74 Å². The molecule has 35 heavy (non-hydrogen) atoms. The first-order valence-corrected chi connectivity index (χ1v) is 13.5. The maximum atomic E-state index is 14.2. The zero-order valence-electron chi connectivity index (χ0n) is 20.4. The van der Waals surface area contributed by atoms with Gasteiger partial charge in [-0.25, -0.2) is 12.8 Å². The second-order valence-electron chi connectivity index (χ2n) is 9.73. The van der Waals surface area contributed by atoms with Crippen molar-refractivity contribution in [2.75, 3.05) is 26.7 Å². The van der Waals surface area contributed by atoms with Crippen molar-refractivity contribution in [3.05, 3.63) is 59.4 Å². The summed E-state index contributed by atoms with van der Waals surface area (Å²) in [7, 11) is -2.00. The predicted octanol–water partition coefficient (Wildman–Crippen LogP) is 3.49. The summed E-state index contributed by atoms with van der Waals surface area (Å²) in [5.41, 5.74) is 1.30. The van der Waals surface area contributed by atoms with Crippen molar-refractivity contribution in [1.29, 1.82) is 0 Å². The zero-order valence-corrected chi connectivity index (χ0v) is 21.3. The summed E-state index contributed by atoms with van der Waals surface area (Å²) in [6.45, 7) is 4.41. The Hall–Kier alpha value is -2.44. The third-order valence-corrected chi connectivity index (χ3v) is 8.57. The van der Waals surface area contributed by atoms with E-state index in [1.807, 2.05) is 18.9 Å². The molecule has 1 heterocycles. The van der Waals surface area contributed by atoms with Crippen molar-refractivity contribution < 1.29 is 22.7 Å². The van der Waals surface area contributed by atoms with E-state index in [1.165, 1.54) is 10.4 Å². The summed E-state index contributed by atoms with van der Waals surface area (Å²) in [6, 6.07) is 11.0. The average Bonchev–Trinajstić information content (AvgIpc) is 3.65. The van der Waals surface area contributed by atoms with Crippen LogP contribution in [0, 0.1) is 29.5 Å². The van der Waals surface area contributed by atoms with Crippen LogP contribution >= 0.6 is 0 Å². The van der Waals surface area contributed by atoms with Crippen LogP contribution in [-0.4, -0.2) is 61.6 Å². The minimum absolute atomic E-state index is 0.0726. The number of aliphatic hydroxyl groups excluding tert-OH is 1. The van der Waals surface area contributed by atoms with E-state index in [2.05, 4.69) is 11.8 Å². The van der Waals surface area contributed by atoms with Crippen LogP contribution in [0.25, 0.3) is 0 Å². The number of ether oxygens (including phenoxy) is 1. The minimum Gasteiger partial charge on any atom is -0.487 e. The standard InChI is InChI=1S/C27H33FN2O4S/c1-19-15-30(20(2)18-31)35(32,33)27-13-12-22(11-10-21-8-9-21)14-25(27)34-26(19)17-29(3)16-23-6-4-5-7-24(23)28/h4-7,12-14,19-21,26,31H,8-9,15-18H2,1-3H3/t19-,20+,26+/m1/s1. The fourth-order valence-electron chi connectivity index (χ4n) is 4.22. The number of nitrogens with zero attached hydrogens (tertiary/aromatic N) is 2. The molecule has 0 unspecified atom stereocenters. The van der Waals surface area contributed by atoms with Crippen molar-refractivity contribution >= 4 is 10.0 Å². The molecule has 3 atom stereocenters. The second-order valence-corrected chi connectivity index (χ2v) is 11.6. The molecule has 1 N–H and O–H groups in total. The smallest absolute Gasteiger partial charge is 0.247 e. The Kier molecular flexibility index (Phi) is 7.82. The van der Waals surface area contributed by atoms with Crippen molar-refractivity contribution in [2.45, 2.75) is 50.3 Å². The molecule has 1 saturated carbocycles. The summed E-state index contributed by atoms with van der Waals surface area (Å²) in [5, 5.41) is 9.79. The maximum Gasteiger partial charge on any atom is 0.247 e. The first kappa shape index (κ1) is 25.6. The van der Waals surface area contributed by atoms with Gasteiger partial charge in [0.15, 0.2) is 0 Å². The quantitative estimate of drug-likeness (QED) is 0.615.